The van der Waals surface area contributed by atoms with Crippen molar-refractivity contribution in [3.8, 4) is 0 Å². The van der Waals surface area contributed by atoms with E-state index in [0.29, 0.717) is 0 Å². The van der Waals surface area contributed by atoms with E-state index in [4.69, 9.17) is 5.11 Å². The predicted molar refractivity (Wildman–Crippen MR) is 65.6 cm³/mol. The third-order valence-electron chi connectivity index (χ3n) is 3.46. The van der Waals surface area contributed by atoms with Crippen LogP contribution in [0.25, 0.3) is 0 Å². The van der Waals surface area contributed by atoms with Crippen LogP contribution in [0.5, 0.6) is 0 Å². The number of aliphatic carboxylic acids is 1. The topological polar surface area (TPSA) is 40.5 Å². The van der Waals surface area contributed by atoms with Crippen molar-refractivity contribution in [2.75, 3.05) is 19.6 Å². The van der Waals surface area contributed by atoms with Crippen molar-refractivity contribution in [2.24, 2.45) is 5.92 Å². The molecule has 16 heavy (non-hydrogen) atoms. The molecule has 1 aliphatic rings. The van der Waals surface area contributed by atoms with E-state index in [1.54, 1.807) is 0 Å². The van der Waals surface area contributed by atoms with Crippen molar-refractivity contribution >= 4 is 5.97 Å². The molecule has 0 amide bonds. The van der Waals surface area contributed by atoms with Gasteiger partial charge >= 0.3 is 5.97 Å². The molecule has 3 nitrogen and oxygen atoms in total. The van der Waals surface area contributed by atoms with Crippen LogP contribution in [0, 0.1) is 5.92 Å². The zero-order valence-electron chi connectivity index (χ0n) is 10.5. The number of carboxylic acid groups (broad SMARTS) is 1. The molecular weight excluding hydrogens is 202 g/mol. The first-order chi connectivity index (χ1) is 7.72. The van der Waals surface area contributed by atoms with E-state index in [1.165, 1.54) is 32.1 Å². The Morgan fingerprint density at radius 3 is 2.56 bits per heavy atom. The molecule has 0 aliphatic heterocycles. The normalized spacial score (nSPS) is 17.1. The smallest absolute Gasteiger partial charge is 0.317 e. The SMILES string of the molecule is CCCN(CCCC1CCCC1)CC(=O)O. The Kier molecular flexibility index (Phi) is 6.46. The van der Waals surface area contributed by atoms with Gasteiger partial charge in [0.05, 0.1) is 6.54 Å². The van der Waals surface area contributed by atoms with Gasteiger partial charge in [0.1, 0.15) is 0 Å². The molecule has 1 N–H and O–H groups in total. The van der Waals surface area contributed by atoms with Crippen LogP contribution in [-0.4, -0.2) is 35.6 Å². The maximum absolute atomic E-state index is 10.7. The molecule has 0 aromatic rings. The fraction of sp³-hybridized carbons (Fsp3) is 0.923. The molecule has 0 bridgehead atoms. The molecule has 94 valence electrons. The first-order valence-corrected chi connectivity index (χ1v) is 6.66. The highest BCUT2D eigenvalue weighted by Crippen LogP contribution is 2.28. The van der Waals surface area contributed by atoms with Gasteiger partial charge in [0.15, 0.2) is 0 Å². The summed E-state index contributed by atoms with van der Waals surface area (Å²) in [7, 11) is 0. The second kappa shape index (κ2) is 7.66. The molecule has 0 unspecified atom stereocenters. The number of rotatable bonds is 8. The lowest BCUT2D eigenvalue weighted by Gasteiger charge is -2.20. The van der Waals surface area contributed by atoms with Crippen molar-refractivity contribution in [3.05, 3.63) is 0 Å². The molecule has 3 heteroatoms. The van der Waals surface area contributed by atoms with Gasteiger partial charge in [0.25, 0.3) is 0 Å². The molecule has 0 heterocycles. The van der Waals surface area contributed by atoms with E-state index in [1.807, 2.05) is 0 Å². The molecule has 1 fully saturated rings. The maximum Gasteiger partial charge on any atom is 0.317 e. The molecule has 0 spiro atoms. The molecule has 0 atom stereocenters. The monoisotopic (exact) mass is 227 g/mol. The summed E-state index contributed by atoms with van der Waals surface area (Å²) < 4.78 is 0. The third kappa shape index (κ3) is 5.50. The molecule has 1 rings (SSSR count). The second-order valence-electron chi connectivity index (χ2n) is 4.96. The molecular formula is C13H25NO2. The average Bonchev–Trinajstić information content (AvgIpc) is 2.70. The lowest BCUT2D eigenvalue weighted by Crippen LogP contribution is -2.31. The summed E-state index contributed by atoms with van der Waals surface area (Å²) in [6.07, 6.45) is 9.09. The minimum absolute atomic E-state index is 0.207. The molecule has 1 aliphatic carbocycles. The van der Waals surface area contributed by atoms with Crippen LogP contribution in [0.15, 0.2) is 0 Å². The lowest BCUT2D eigenvalue weighted by molar-refractivity contribution is -0.138. The fourth-order valence-corrected chi connectivity index (χ4v) is 2.68. The molecule has 1 saturated carbocycles. The summed E-state index contributed by atoms with van der Waals surface area (Å²) in [5.41, 5.74) is 0. The van der Waals surface area contributed by atoms with Crippen LogP contribution in [-0.2, 0) is 4.79 Å². The Morgan fingerprint density at radius 1 is 1.31 bits per heavy atom. The molecule has 0 radical (unpaired) electrons. The quantitative estimate of drug-likeness (QED) is 0.693. The number of hydrogen-bond donors (Lipinski definition) is 1. The minimum Gasteiger partial charge on any atom is -0.480 e. The Morgan fingerprint density at radius 2 is 2.00 bits per heavy atom. The summed E-state index contributed by atoms with van der Waals surface area (Å²) in [6.45, 7) is 4.18. The van der Waals surface area contributed by atoms with E-state index >= 15 is 0 Å². The van der Waals surface area contributed by atoms with Gasteiger partial charge in [-0.15, -0.1) is 0 Å². The maximum atomic E-state index is 10.7. The van der Waals surface area contributed by atoms with Crippen LogP contribution < -0.4 is 0 Å². The van der Waals surface area contributed by atoms with Crippen molar-refractivity contribution in [1.29, 1.82) is 0 Å². The Labute approximate surface area is 98.8 Å². The zero-order valence-corrected chi connectivity index (χ0v) is 10.5. The second-order valence-corrected chi connectivity index (χ2v) is 4.96. The van der Waals surface area contributed by atoms with Crippen LogP contribution in [0.2, 0.25) is 0 Å². The summed E-state index contributed by atoms with van der Waals surface area (Å²) in [5.74, 6) is 0.225. The van der Waals surface area contributed by atoms with E-state index in [-0.39, 0.29) is 6.54 Å². The van der Waals surface area contributed by atoms with Crippen LogP contribution in [0.1, 0.15) is 51.9 Å². The Hall–Kier alpha value is -0.570. The number of hydrogen-bond acceptors (Lipinski definition) is 2. The van der Waals surface area contributed by atoms with Gasteiger partial charge in [0.2, 0.25) is 0 Å². The first-order valence-electron chi connectivity index (χ1n) is 6.66. The van der Waals surface area contributed by atoms with Gasteiger partial charge in [0, 0.05) is 0 Å². The van der Waals surface area contributed by atoms with Crippen molar-refractivity contribution in [1.82, 2.24) is 4.90 Å². The summed E-state index contributed by atoms with van der Waals surface area (Å²) in [5, 5.41) is 8.78. The summed E-state index contributed by atoms with van der Waals surface area (Å²) in [4.78, 5) is 12.7. The van der Waals surface area contributed by atoms with Crippen LogP contribution >= 0.6 is 0 Å². The largest absolute Gasteiger partial charge is 0.480 e. The van der Waals surface area contributed by atoms with Crippen LogP contribution in [0.4, 0.5) is 0 Å². The number of carboxylic acids is 1. The number of carbonyl (C=O) groups is 1. The van der Waals surface area contributed by atoms with Gasteiger partial charge < -0.3 is 5.11 Å². The summed E-state index contributed by atoms with van der Waals surface area (Å²) >= 11 is 0. The predicted octanol–water partition coefficient (Wildman–Crippen LogP) is 2.75. The highest BCUT2D eigenvalue weighted by atomic mass is 16.4. The molecule has 0 saturated heterocycles. The Balaban J connectivity index is 2.12. The summed E-state index contributed by atoms with van der Waals surface area (Å²) in [6, 6.07) is 0. The van der Waals surface area contributed by atoms with Crippen molar-refractivity contribution in [2.45, 2.75) is 51.9 Å². The highest BCUT2D eigenvalue weighted by Gasteiger charge is 2.15. The van der Waals surface area contributed by atoms with Gasteiger partial charge in [-0.1, -0.05) is 32.6 Å². The van der Waals surface area contributed by atoms with Gasteiger partial charge in [-0.2, -0.15) is 0 Å². The first kappa shape index (κ1) is 13.5. The average molecular weight is 227 g/mol. The minimum atomic E-state index is -0.700. The van der Waals surface area contributed by atoms with Gasteiger partial charge in [-0.05, 0) is 38.3 Å². The van der Waals surface area contributed by atoms with E-state index in [0.717, 1.165) is 31.8 Å². The molecule has 0 aromatic carbocycles. The zero-order chi connectivity index (χ0) is 11.8. The third-order valence-corrected chi connectivity index (χ3v) is 3.46. The molecule has 0 aromatic heterocycles. The van der Waals surface area contributed by atoms with E-state index < -0.39 is 5.97 Å². The lowest BCUT2D eigenvalue weighted by atomic mass is 10.0. The standard InChI is InChI=1S/C13H25NO2/c1-2-9-14(11-13(15)16)10-5-8-12-6-3-4-7-12/h12H,2-11H2,1H3,(H,15,16). The Bertz CT molecular complexity index is 200. The van der Waals surface area contributed by atoms with Gasteiger partial charge in [-0.3, -0.25) is 9.69 Å². The van der Waals surface area contributed by atoms with Gasteiger partial charge in [-0.25, -0.2) is 0 Å². The van der Waals surface area contributed by atoms with E-state index in [2.05, 4.69) is 11.8 Å². The highest BCUT2D eigenvalue weighted by molar-refractivity contribution is 5.69. The van der Waals surface area contributed by atoms with E-state index in [9.17, 15) is 4.79 Å². The van der Waals surface area contributed by atoms with Crippen LogP contribution in [0.3, 0.4) is 0 Å². The fourth-order valence-electron chi connectivity index (χ4n) is 2.68. The number of nitrogens with zero attached hydrogens (tertiary/aromatic N) is 1. The van der Waals surface area contributed by atoms with Crippen molar-refractivity contribution < 1.29 is 9.90 Å². The van der Waals surface area contributed by atoms with Crippen molar-refractivity contribution in [3.63, 3.8) is 0 Å².